The lowest BCUT2D eigenvalue weighted by atomic mass is 10.1. The minimum atomic E-state index is -3.98. The van der Waals surface area contributed by atoms with Gasteiger partial charge < -0.3 is 14.5 Å². The summed E-state index contributed by atoms with van der Waals surface area (Å²) in [5.74, 6) is 0. The summed E-state index contributed by atoms with van der Waals surface area (Å²) in [6.07, 6.45) is 0. The van der Waals surface area contributed by atoms with Gasteiger partial charge in [0.15, 0.2) is 0 Å². The number of hydrogen-bond donors (Lipinski definition) is 1. The van der Waals surface area contributed by atoms with Crippen molar-refractivity contribution in [1.82, 2.24) is 9.29 Å². The number of H-pyrrole nitrogens is 1. The molecule has 0 saturated heterocycles. The van der Waals surface area contributed by atoms with E-state index >= 15 is 0 Å². The molecule has 0 saturated carbocycles. The molecule has 0 unspecified atom stereocenters. The van der Waals surface area contributed by atoms with Gasteiger partial charge in [-0.05, 0) is 18.2 Å². The summed E-state index contributed by atoms with van der Waals surface area (Å²) >= 11 is 0.911. The van der Waals surface area contributed by atoms with Crippen molar-refractivity contribution in [3.05, 3.63) is 40.2 Å². The number of nitrogens with one attached hydrogen (secondary N) is 1. The molecular formula is C16H19F2IN2O5S. The van der Waals surface area contributed by atoms with E-state index in [0.717, 1.165) is 39.0 Å². The van der Waals surface area contributed by atoms with E-state index in [2.05, 4.69) is 4.98 Å². The van der Waals surface area contributed by atoms with Gasteiger partial charge in [-0.15, -0.1) is 0 Å². The van der Waals surface area contributed by atoms with Crippen LogP contribution < -0.4 is 5.56 Å². The van der Waals surface area contributed by atoms with E-state index in [-0.39, 0.29) is 42.1 Å². The lowest BCUT2D eigenvalue weighted by molar-refractivity contribution is 0.129. The Bertz CT molecular complexity index is 951. The molecule has 1 aromatic heterocycles. The molecule has 150 valence electrons. The fourth-order valence-corrected chi connectivity index (χ4v) is 4.40. The summed E-state index contributed by atoms with van der Waals surface area (Å²) in [6, 6.07) is 4.50. The van der Waals surface area contributed by atoms with Crippen molar-refractivity contribution in [2.45, 2.75) is 8.82 Å². The number of alkyl halides is 3. The zero-order chi connectivity index (χ0) is 20.2. The number of benzene rings is 1. The Hall–Kier alpha value is -1.15. The highest BCUT2D eigenvalue weighted by Gasteiger charge is 2.31. The van der Waals surface area contributed by atoms with Gasteiger partial charge in [-0.3, -0.25) is 4.79 Å². The topological polar surface area (TPSA) is 88.7 Å². The number of halogens is 3. The second-order valence-electron chi connectivity index (χ2n) is 5.64. The lowest BCUT2D eigenvalue weighted by Gasteiger charge is -2.22. The van der Waals surface area contributed by atoms with Gasteiger partial charge in [-0.25, -0.2) is 8.42 Å². The second kappa shape index (κ2) is 8.90. The molecule has 0 aliphatic rings. The van der Waals surface area contributed by atoms with Crippen LogP contribution in [0.1, 0.15) is 5.56 Å². The zero-order valence-electron chi connectivity index (χ0n) is 14.7. The molecule has 11 heteroatoms. The van der Waals surface area contributed by atoms with Crippen molar-refractivity contribution in [1.29, 1.82) is 0 Å². The maximum atomic E-state index is 13.9. The van der Waals surface area contributed by atoms with Crippen molar-refractivity contribution in [3.8, 4) is 0 Å². The van der Waals surface area contributed by atoms with Gasteiger partial charge in [0.05, 0.1) is 18.1 Å². The summed E-state index contributed by atoms with van der Waals surface area (Å²) in [7, 11) is -1.08. The van der Waals surface area contributed by atoms with Crippen LogP contribution in [0, 0.1) is 0 Å². The molecule has 0 fully saturated rings. The summed E-state index contributed by atoms with van der Waals surface area (Å²) in [4.78, 5) is 13.9. The molecule has 2 rings (SSSR count). The highest BCUT2D eigenvalue weighted by molar-refractivity contribution is 14.1. The molecule has 7 nitrogen and oxygen atoms in total. The standard InChI is InChI=1S/C16H19F2IN2O5S/c1-25-7-5-21(6-8-26-2)27(23,24)11-3-4-14-12(9-11)13(16(17,18)19)10-15(22)20-14/h3-4,9-10H,5-8H2,1-2H3,(H,20,22). The quantitative estimate of drug-likeness (QED) is 0.409. The van der Waals surface area contributed by atoms with E-state index in [4.69, 9.17) is 9.47 Å². The van der Waals surface area contributed by atoms with E-state index in [1.54, 1.807) is 0 Å². The molecule has 0 aliphatic carbocycles. The van der Waals surface area contributed by atoms with Crippen LogP contribution in [0.4, 0.5) is 8.78 Å². The third-order valence-electron chi connectivity index (χ3n) is 3.85. The molecule has 0 radical (unpaired) electrons. The van der Waals surface area contributed by atoms with Gasteiger partial charge in [0.1, 0.15) is 0 Å². The molecule has 1 heterocycles. The summed E-state index contributed by atoms with van der Waals surface area (Å²) in [5.41, 5.74) is -1.10. The lowest BCUT2D eigenvalue weighted by Crippen LogP contribution is -2.36. The fraction of sp³-hybridized carbons (Fsp3) is 0.438. The van der Waals surface area contributed by atoms with Gasteiger partial charge in [0.2, 0.25) is 15.6 Å². The number of aromatic amines is 1. The average Bonchev–Trinajstić information content (AvgIpc) is 2.59. The molecule has 0 spiro atoms. The first kappa shape index (κ1) is 22.1. The van der Waals surface area contributed by atoms with Crippen molar-refractivity contribution >= 4 is 43.5 Å². The van der Waals surface area contributed by atoms with E-state index < -0.39 is 25.1 Å². The Morgan fingerprint density at radius 3 is 2.26 bits per heavy atom. The summed E-state index contributed by atoms with van der Waals surface area (Å²) in [6.45, 7) is 0.504. The van der Waals surface area contributed by atoms with Crippen molar-refractivity contribution in [3.63, 3.8) is 0 Å². The maximum Gasteiger partial charge on any atom is 0.322 e. The SMILES string of the molecule is COCCN(CCOC)S(=O)(=O)c1ccc2[nH]c(=O)cc(C(F)(F)I)c2c1. The molecular weight excluding hydrogens is 497 g/mol. The predicted octanol–water partition coefficient (Wildman–Crippen LogP) is 2.30. The average molecular weight is 516 g/mol. The van der Waals surface area contributed by atoms with Crippen molar-refractivity contribution in [2.24, 2.45) is 0 Å². The van der Waals surface area contributed by atoms with Crippen LogP contribution in [-0.4, -0.2) is 58.2 Å². The number of pyridine rings is 1. The zero-order valence-corrected chi connectivity index (χ0v) is 17.6. The van der Waals surface area contributed by atoms with Gasteiger partial charge in [-0.1, -0.05) is 0 Å². The minimum Gasteiger partial charge on any atom is -0.383 e. The maximum absolute atomic E-state index is 13.9. The van der Waals surface area contributed by atoms with Crippen LogP contribution in [-0.2, 0) is 23.4 Å². The predicted molar refractivity (Wildman–Crippen MR) is 105 cm³/mol. The minimum absolute atomic E-state index is 0.0338. The number of hydrogen-bond acceptors (Lipinski definition) is 5. The molecule has 27 heavy (non-hydrogen) atoms. The third kappa shape index (κ3) is 5.22. The number of nitrogens with zero attached hydrogens (tertiary/aromatic N) is 1. The van der Waals surface area contributed by atoms with Gasteiger partial charge >= 0.3 is 3.93 Å². The molecule has 0 aliphatic heterocycles. The van der Waals surface area contributed by atoms with Gasteiger partial charge in [0, 0.05) is 72.4 Å². The number of rotatable bonds is 9. The van der Waals surface area contributed by atoms with E-state index in [0.29, 0.717) is 0 Å². The number of fused-ring (bicyclic) bond motifs is 1. The van der Waals surface area contributed by atoms with Crippen LogP contribution in [0.3, 0.4) is 0 Å². The first-order valence-corrected chi connectivity index (χ1v) is 10.4. The highest BCUT2D eigenvalue weighted by Crippen LogP contribution is 2.38. The van der Waals surface area contributed by atoms with E-state index in [1.807, 2.05) is 0 Å². The number of methoxy groups -OCH3 is 2. The van der Waals surface area contributed by atoms with E-state index in [9.17, 15) is 22.0 Å². The van der Waals surface area contributed by atoms with Gasteiger partial charge in [0.25, 0.3) is 0 Å². The first-order chi connectivity index (χ1) is 12.6. The van der Waals surface area contributed by atoms with E-state index in [1.165, 1.54) is 26.4 Å². The number of sulfonamides is 1. The summed E-state index contributed by atoms with van der Waals surface area (Å²) in [5, 5.41) is -0.0338. The second-order valence-corrected chi connectivity index (χ2v) is 8.93. The number of aromatic nitrogens is 1. The van der Waals surface area contributed by atoms with Crippen LogP contribution in [0.15, 0.2) is 34.0 Å². The van der Waals surface area contributed by atoms with Crippen molar-refractivity contribution < 1.29 is 26.7 Å². The van der Waals surface area contributed by atoms with Crippen LogP contribution >= 0.6 is 22.6 Å². The normalized spacial score (nSPS) is 12.8. The monoisotopic (exact) mass is 516 g/mol. The third-order valence-corrected chi connectivity index (χ3v) is 6.32. The number of ether oxygens (including phenoxy) is 2. The molecule has 0 atom stereocenters. The Kier molecular flexibility index (Phi) is 7.30. The molecule has 0 bridgehead atoms. The molecule has 0 amide bonds. The molecule has 1 N–H and O–H groups in total. The first-order valence-electron chi connectivity index (χ1n) is 7.83. The van der Waals surface area contributed by atoms with Crippen LogP contribution in [0.2, 0.25) is 0 Å². The van der Waals surface area contributed by atoms with Crippen molar-refractivity contribution in [2.75, 3.05) is 40.5 Å². The Morgan fingerprint density at radius 1 is 1.15 bits per heavy atom. The molecule has 2 aromatic rings. The van der Waals surface area contributed by atoms with Gasteiger partial charge in [-0.2, -0.15) is 13.1 Å². The Labute approximate surface area is 168 Å². The Balaban J connectivity index is 2.59. The molecule has 1 aromatic carbocycles. The largest absolute Gasteiger partial charge is 0.383 e. The van der Waals surface area contributed by atoms with Crippen LogP contribution in [0.25, 0.3) is 10.9 Å². The Morgan fingerprint density at radius 2 is 1.74 bits per heavy atom. The smallest absolute Gasteiger partial charge is 0.322 e. The van der Waals surface area contributed by atoms with Crippen LogP contribution in [0.5, 0.6) is 0 Å². The summed E-state index contributed by atoms with van der Waals surface area (Å²) < 4.78 is 61.5. The highest BCUT2D eigenvalue weighted by atomic mass is 127. The fourth-order valence-electron chi connectivity index (χ4n) is 2.52.